The van der Waals surface area contributed by atoms with Gasteiger partial charge in [-0.15, -0.1) is 0 Å². The van der Waals surface area contributed by atoms with Crippen LogP contribution in [0.5, 0.6) is 0 Å². The lowest BCUT2D eigenvalue weighted by atomic mass is 10.1. The van der Waals surface area contributed by atoms with Gasteiger partial charge in [0.1, 0.15) is 5.76 Å². The number of nitrogens with zero attached hydrogens (tertiary/aromatic N) is 3. The zero-order chi connectivity index (χ0) is 23.8. The van der Waals surface area contributed by atoms with Crippen LogP contribution in [0, 0.1) is 17.0 Å². The maximum Gasteiger partial charge on any atom is 0.291 e. The molecule has 34 heavy (non-hydrogen) atoms. The summed E-state index contributed by atoms with van der Waals surface area (Å²) >= 11 is 6.28. The molecular formula is C24H15ClN4O5. The zero-order valence-electron chi connectivity index (χ0n) is 17.6. The van der Waals surface area contributed by atoms with E-state index < -0.39 is 10.8 Å². The van der Waals surface area contributed by atoms with E-state index in [1.807, 2.05) is 0 Å². The van der Waals surface area contributed by atoms with Crippen LogP contribution < -0.4 is 5.32 Å². The van der Waals surface area contributed by atoms with Gasteiger partial charge in [-0.25, -0.2) is 4.98 Å². The predicted molar refractivity (Wildman–Crippen MR) is 126 cm³/mol. The fraction of sp³-hybridized carbons (Fsp3) is 0.0417. The van der Waals surface area contributed by atoms with Crippen LogP contribution in [0.3, 0.4) is 0 Å². The number of anilines is 1. The summed E-state index contributed by atoms with van der Waals surface area (Å²) in [6.07, 6.45) is 1.62. The van der Waals surface area contributed by atoms with Gasteiger partial charge in [0.25, 0.3) is 11.6 Å². The zero-order valence-corrected chi connectivity index (χ0v) is 18.4. The van der Waals surface area contributed by atoms with Crippen molar-refractivity contribution in [3.63, 3.8) is 0 Å². The van der Waals surface area contributed by atoms with Crippen LogP contribution in [0.2, 0.25) is 5.02 Å². The summed E-state index contributed by atoms with van der Waals surface area (Å²) in [6, 6.07) is 16.2. The van der Waals surface area contributed by atoms with Crippen molar-refractivity contribution in [2.75, 3.05) is 5.32 Å². The molecule has 0 atom stereocenters. The molecule has 1 N–H and O–H groups in total. The number of nitrogens with one attached hydrogen (secondary N) is 1. The smallest absolute Gasteiger partial charge is 0.291 e. The van der Waals surface area contributed by atoms with E-state index in [-0.39, 0.29) is 22.8 Å². The summed E-state index contributed by atoms with van der Waals surface area (Å²) in [5, 5.41) is 14.4. The number of amides is 1. The van der Waals surface area contributed by atoms with Crippen molar-refractivity contribution < 1.29 is 18.6 Å². The Kier molecular flexibility index (Phi) is 5.31. The van der Waals surface area contributed by atoms with Crippen molar-refractivity contribution in [2.45, 2.75) is 6.92 Å². The fourth-order valence-corrected chi connectivity index (χ4v) is 3.60. The first-order valence-corrected chi connectivity index (χ1v) is 10.4. The number of halogens is 1. The van der Waals surface area contributed by atoms with Crippen molar-refractivity contribution in [3.05, 3.63) is 93.3 Å². The first-order valence-electron chi connectivity index (χ1n) is 10.1. The minimum absolute atomic E-state index is 0.0302. The molecule has 0 fully saturated rings. The molecule has 0 aliphatic carbocycles. The number of furan rings is 1. The highest BCUT2D eigenvalue weighted by molar-refractivity contribution is 6.34. The van der Waals surface area contributed by atoms with E-state index in [2.05, 4.69) is 15.3 Å². The number of pyridine rings is 1. The van der Waals surface area contributed by atoms with Gasteiger partial charge < -0.3 is 14.2 Å². The second-order valence-electron chi connectivity index (χ2n) is 7.43. The van der Waals surface area contributed by atoms with Gasteiger partial charge >= 0.3 is 0 Å². The minimum atomic E-state index is -0.570. The monoisotopic (exact) mass is 474 g/mol. The van der Waals surface area contributed by atoms with E-state index in [0.717, 1.165) is 5.56 Å². The minimum Gasteiger partial charge on any atom is -0.451 e. The van der Waals surface area contributed by atoms with E-state index in [4.69, 9.17) is 20.4 Å². The average molecular weight is 475 g/mol. The van der Waals surface area contributed by atoms with Crippen molar-refractivity contribution in [1.29, 1.82) is 0 Å². The Hall–Kier alpha value is -4.50. The largest absolute Gasteiger partial charge is 0.451 e. The van der Waals surface area contributed by atoms with Crippen molar-refractivity contribution in [3.8, 4) is 22.8 Å². The molecule has 5 rings (SSSR count). The van der Waals surface area contributed by atoms with Gasteiger partial charge in [-0.05, 0) is 61.0 Å². The number of carbonyl (C=O) groups is 1. The second-order valence-corrected chi connectivity index (χ2v) is 7.84. The number of hydrogen-bond donors (Lipinski definition) is 1. The maximum absolute atomic E-state index is 12.8. The van der Waals surface area contributed by atoms with Gasteiger partial charge in [-0.2, -0.15) is 4.98 Å². The molecular weight excluding hydrogens is 460 g/mol. The van der Waals surface area contributed by atoms with Crippen LogP contribution in [0.15, 0.2) is 75.7 Å². The summed E-state index contributed by atoms with van der Waals surface area (Å²) in [6.45, 7) is 1.76. The molecule has 168 valence electrons. The lowest BCUT2D eigenvalue weighted by Gasteiger charge is -2.07. The molecule has 0 aliphatic heterocycles. The molecule has 0 bridgehead atoms. The highest BCUT2D eigenvalue weighted by Gasteiger charge is 2.21. The lowest BCUT2D eigenvalue weighted by molar-refractivity contribution is -0.384. The standard InChI is InChI=1S/C24H15ClN4O5/c1-13-4-6-15(18(11-13)29(31)32)19-8-9-21(33-19)23(30)27-17-12-14(5-7-16(17)25)24-28-22-20(34-24)3-2-10-26-22/h2-12H,1H3,(H,27,30). The Morgan fingerprint density at radius 2 is 1.94 bits per heavy atom. The van der Waals surface area contributed by atoms with Crippen LogP contribution in [0.1, 0.15) is 16.1 Å². The predicted octanol–water partition coefficient (Wildman–Crippen LogP) is 6.27. The van der Waals surface area contributed by atoms with Gasteiger partial charge in [-0.1, -0.05) is 17.7 Å². The normalized spacial score (nSPS) is 11.0. The average Bonchev–Trinajstić information content (AvgIpc) is 3.48. The van der Waals surface area contributed by atoms with Gasteiger partial charge in [0.2, 0.25) is 5.89 Å². The molecule has 0 spiro atoms. The number of fused-ring (bicyclic) bond motifs is 1. The molecule has 3 heterocycles. The van der Waals surface area contributed by atoms with Gasteiger partial charge in [0.05, 0.1) is 21.2 Å². The third-order valence-electron chi connectivity index (χ3n) is 5.07. The number of nitro benzene ring substituents is 1. The molecule has 0 aliphatic rings. The SMILES string of the molecule is Cc1ccc(-c2ccc(C(=O)Nc3cc(-c4nc5ncccc5o4)ccc3Cl)o2)c([N+](=O)[O-])c1. The molecule has 0 saturated heterocycles. The molecule has 3 aromatic heterocycles. The molecule has 10 heteroatoms. The van der Waals surface area contributed by atoms with Crippen LogP contribution in [0.4, 0.5) is 11.4 Å². The highest BCUT2D eigenvalue weighted by atomic mass is 35.5. The number of oxazole rings is 1. The molecule has 0 radical (unpaired) electrons. The number of nitro groups is 1. The molecule has 9 nitrogen and oxygen atoms in total. The summed E-state index contributed by atoms with van der Waals surface area (Å²) in [7, 11) is 0. The Labute approximate surface area is 197 Å². The van der Waals surface area contributed by atoms with Crippen LogP contribution in [0.25, 0.3) is 34.0 Å². The topological polar surface area (TPSA) is 124 Å². The quantitative estimate of drug-likeness (QED) is 0.235. The number of hydrogen-bond acceptors (Lipinski definition) is 7. The Balaban J connectivity index is 1.42. The number of aromatic nitrogens is 2. The van der Waals surface area contributed by atoms with E-state index >= 15 is 0 Å². The van der Waals surface area contributed by atoms with Crippen LogP contribution in [-0.2, 0) is 0 Å². The molecule has 1 amide bonds. The maximum atomic E-state index is 12.8. The molecule has 5 aromatic rings. The van der Waals surface area contributed by atoms with Crippen molar-refractivity contribution in [1.82, 2.24) is 9.97 Å². The van der Waals surface area contributed by atoms with Gasteiger partial charge in [-0.3, -0.25) is 14.9 Å². The van der Waals surface area contributed by atoms with E-state index in [1.165, 1.54) is 18.2 Å². The van der Waals surface area contributed by atoms with Crippen molar-refractivity contribution >= 4 is 40.1 Å². The van der Waals surface area contributed by atoms with E-state index in [0.29, 0.717) is 33.4 Å². The van der Waals surface area contributed by atoms with E-state index in [9.17, 15) is 14.9 Å². The third kappa shape index (κ3) is 4.00. The Morgan fingerprint density at radius 1 is 1.09 bits per heavy atom. The van der Waals surface area contributed by atoms with Crippen LogP contribution in [-0.4, -0.2) is 20.8 Å². The second kappa shape index (κ2) is 8.45. The first-order chi connectivity index (χ1) is 16.4. The highest BCUT2D eigenvalue weighted by Crippen LogP contribution is 2.33. The number of rotatable bonds is 5. The number of aryl methyl sites for hydroxylation is 1. The molecule has 2 aromatic carbocycles. The first kappa shape index (κ1) is 21.4. The Bertz CT molecular complexity index is 1540. The number of benzene rings is 2. The summed E-state index contributed by atoms with van der Waals surface area (Å²) in [5.41, 5.74) is 2.82. The summed E-state index contributed by atoms with van der Waals surface area (Å²) in [5.74, 6) is -0.0693. The van der Waals surface area contributed by atoms with Crippen molar-refractivity contribution in [2.24, 2.45) is 0 Å². The fourth-order valence-electron chi connectivity index (χ4n) is 3.44. The van der Waals surface area contributed by atoms with Crippen LogP contribution >= 0.6 is 11.6 Å². The Morgan fingerprint density at radius 3 is 2.74 bits per heavy atom. The van der Waals surface area contributed by atoms with Gasteiger partial charge in [0, 0.05) is 17.8 Å². The summed E-state index contributed by atoms with van der Waals surface area (Å²) < 4.78 is 11.4. The summed E-state index contributed by atoms with van der Waals surface area (Å²) in [4.78, 5) is 32.3. The van der Waals surface area contributed by atoms with E-state index in [1.54, 1.807) is 55.6 Å². The third-order valence-corrected chi connectivity index (χ3v) is 5.40. The van der Waals surface area contributed by atoms with Gasteiger partial charge in [0.15, 0.2) is 17.0 Å². The lowest BCUT2D eigenvalue weighted by Crippen LogP contribution is -2.11. The molecule has 0 unspecified atom stereocenters. The number of carbonyl (C=O) groups excluding carboxylic acids is 1. The molecule has 0 saturated carbocycles.